The molecule has 2 aromatic carbocycles. The molecule has 0 N–H and O–H groups in total. The number of nitrogens with zero attached hydrogens (tertiary/aromatic N) is 2. The summed E-state index contributed by atoms with van der Waals surface area (Å²) in [6.07, 6.45) is 3.69. The van der Waals surface area contributed by atoms with Crippen LogP contribution < -0.4 is 4.74 Å². The summed E-state index contributed by atoms with van der Waals surface area (Å²) in [4.78, 5) is 0.900. The minimum Gasteiger partial charge on any atom is -0.489 e. The first kappa shape index (κ1) is 12.8. The van der Waals surface area contributed by atoms with Crippen molar-refractivity contribution in [2.75, 3.05) is 0 Å². The van der Waals surface area contributed by atoms with Crippen LogP contribution in [-0.4, -0.2) is 9.78 Å². The highest BCUT2D eigenvalue weighted by Crippen LogP contribution is 2.17. The molecule has 0 aliphatic carbocycles. The predicted molar refractivity (Wildman–Crippen MR) is 81.6 cm³/mol. The molecule has 0 aliphatic heterocycles. The largest absolute Gasteiger partial charge is 0.489 e. The van der Waals surface area contributed by atoms with Crippen LogP contribution in [0.5, 0.6) is 5.75 Å². The van der Waals surface area contributed by atoms with Gasteiger partial charge in [-0.15, -0.1) is 12.6 Å². The zero-order valence-corrected chi connectivity index (χ0v) is 11.7. The van der Waals surface area contributed by atoms with E-state index in [1.807, 2.05) is 65.5 Å². The van der Waals surface area contributed by atoms with Gasteiger partial charge in [0, 0.05) is 17.3 Å². The number of benzene rings is 2. The van der Waals surface area contributed by atoms with Crippen molar-refractivity contribution >= 4 is 12.6 Å². The Morgan fingerprint density at radius 3 is 2.60 bits per heavy atom. The topological polar surface area (TPSA) is 27.1 Å². The van der Waals surface area contributed by atoms with Gasteiger partial charge in [0.25, 0.3) is 0 Å². The monoisotopic (exact) mass is 282 g/mol. The molecule has 1 aromatic heterocycles. The van der Waals surface area contributed by atoms with Crippen LogP contribution in [0.3, 0.4) is 0 Å². The van der Waals surface area contributed by atoms with Gasteiger partial charge in [-0.25, -0.2) is 4.68 Å². The second kappa shape index (κ2) is 5.84. The first-order chi connectivity index (χ1) is 9.81. The third-order valence-corrected chi connectivity index (χ3v) is 3.21. The van der Waals surface area contributed by atoms with Crippen molar-refractivity contribution in [1.82, 2.24) is 9.78 Å². The maximum absolute atomic E-state index is 5.73. The Morgan fingerprint density at radius 2 is 1.90 bits per heavy atom. The molecule has 0 bridgehead atoms. The standard InChI is InChI=1S/C16H14N2OS/c20-16-4-1-3-15(11-16)19-12-13-5-7-14(8-6-13)18-10-2-9-17-18/h1-11,20H,12H2. The summed E-state index contributed by atoms with van der Waals surface area (Å²) < 4.78 is 7.56. The highest BCUT2D eigenvalue weighted by molar-refractivity contribution is 7.80. The molecule has 0 saturated heterocycles. The Morgan fingerprint density at radius 1 is 1.05 bits per heavy atom. The molecule has 1 heterocycles. The molecule has 20 heavy (non-hydrogen) atoms. The van der Waals surface area contributed by atoms with Gasteiger partial charge in [-0.2, -0.15) is 5.10 Å². The Hall–Kier alpha value is -2.20. The summed E-state index contributed by atoms with van der Waals surface area (Å²) in [5, 5.41) is 4.20. The predicted octanol–water partition coefficient (Wildman–Crippen LogP) is 3.74. The van der Waals surface area contributed by atoms with Crippen LogP contribution in [0.2, 0.25) is 0 Å². The fraction of sp³-hybridized carbons (Fsp3) is 0.0625. The molecule has 0 radical (unpaired) electrons. The Kier molecular flexibility index (Phi) is 3.74. The summed E-state index contributed by atoms with van der Waals surface area (Å²) in [6, 6.07) is 17.7. The van der Waals surface area contributed by atoms with E-state index in [2.05, 4.69) is 17.7 Å². The van der Waals surface area contributed by atoms with Crippen LogP contribution in [0.1, 0.15) is 5.56 Å². The number of rotatable bonds is 4. The lowest BCUT2D eigenvalue weighted by molar-refractivity contribution is 0.305. The fourth-order valence-corrected chi connectivity index (χ4v) is 2.12. The van der Waals surface area contributed by atoms with Crippen molar-refractivity contribution in [2.24, 2.45) is 0 Å². The van der Waals surface area contributed by atoms with Gasteiger partial charge in [0.1, 0.15) is 12.4 Å². The molecule has 0 unspecified atom stereocenters. The normalized spacial score (nSPS) is 10.4. The van der Waals surface area contributed by atoms with Crippen LogP contribution in [-0.2, 0) is 6.61 Å². The summed E-state index contributed by atoms with van der Waals surface area (Å²) in [7, 11) is 0. The van der Waals surface area contributed by atoms with E-state index in [4.69, 9.17) is 4.74 Å². The van der Waals surface area contributed by atoms with Crippen molar-refractivity contribution in [3.8, 4) is 11.4 Å². The van der Waals surface area contributed by atoms with Crippen LogP contribution in [0.4, 0.5) is 0 Å². The molecule has 0 aliphatic rings. The molecular weight excluding hydrogens is 268 g/mol. The van der Waals surface area contributed by atoms with E-state index in [-0.39, 0.29) is 0 Å². The maximum Gasteiger partial charge on any atom is 0.120 e. The van der Waals surface area contributed by atoms with E-state index in [9.17, 15) is 0 Å². The first-order valence-electron chi connectivity index (χ1n) is 6.32. The summed E-state index contributed by atoms with van der Waals surface area (Å²) in [5.74, 6) is 0.827. The Balaban J connectivity index is 1.67. The van der Waals surface area contributed by atoms with Gasteiger partial charge < -0.3 is 4.74 Å². The maximum atomic E-state index is 5.73. The number of aromatic nitrogens is 2. The van der Waals surface area contributed by atoms with E-state index in [0.29, 0.717) is 6.61 Å². The average Bonchev–Trinajstić information content (AvgIpc) is 3.00. The molecule has 100 valence electrons. The SMILES string of the molecule is Sc1cccc(OCc2ccc(-n3cccn3)cc2)c1. The van der Waals surface area contributed by atoms with Gasteiger partial charge in [0.05, 0.1) is 5.69 Å². The van der Waals surface area contributed by atoms with Gasteiger partial charge in [-0.3, -0.25) is 0 Å². The zero-order chi connectivity index (χ0) is 13.8. The van der Waals surface area contributed by atoms with Gasteiger partial charge in [-0.1, -0.05) is 18.2 Å². The highest BCUT2D eigenvalue weighted by atomic mass is 32.1. The third kappa shape index (κ3) is 3.03. The fourth-order valence-electron chi connectivity index (χ4n) is 1.91. The van der Waals surface area contributed by atoms with Gasteiger partial charge in [-0.05, 0) is 42.0 Å². The Labute approximate surface area is 123 Å². The van der Waals surface area contributed by atoms with E-state index in [1.54, 1.807) is 6.20 Å². The molecule has 0 amide bonds. The molecule has 0 saturated carbocycles. The third-order valence-electron chi connectivity index (χ3n) is 2.93. The van der Waals surface area contributed by atoms with Crippen molar-refractivity contribution in [1.29, 1.82) is 0 Å². The molecule has 3 nitrogen and oxygen atoms in total. The summed E-state index contributed by atoms with van der Waals surface area (Å²) >= 11 is 4.29. The van der Waals surface area contributed by atoms with Crippen molar-refractivity contribution in [3.05, 3.63) is 72.6 Å². The smallest absolute Gasteiger partial charge is 0.120 e. The molecule has 4 heteroatoms. The average molecular weight is 282 g/mol. The summed E-state index contributed by atoms with van der Waals surface area (Å²) in [6.45, 7) is 0.538. The van der Waals surface area contributed by atoms with Gasteiger partial charge >= 0.3 is 0 Å². The lowest BCUT2D eigenvalue weighted by atomic mass is 10.2. The van der Waals surface area contributed by atoms with Gasteiger partial charge in [0.15, 0.2) is 0 Å². The number of hydrogen-bond donors (Lipinski definition) is 1. The van der Waals surface area contributed by atoms with Crippen LogP contribution in [0.15, 0.2) is 71.9 Å². The van der Waals surface area contributed by atoms with Crippen molar-refractivity contribution in [3.63, 3.8) is 0 Å². The highest BCUT2D eigenvalue weighted by Gasteiger charge is 1.99. The van der Waals surface area contributed by atoms with E-state index in [0.717, 1.165) is 21.9 Å². The van der Waals surface area contributed by atoms with E-state index < -0.39 is 0 Å². The van der Waals surface area contributed by atoms with Gasteiger partial charge in [0.2, 0.25) is 0 Å². The minimum absolute atomic E-state index is 0.538. The second-order valence-electron chi connectivity index (χ2n) is 4.40. The van der Waals surface area contributed by atoms with Crippen LogP contribution in [0.25, 0.3) is 5.69 Å². The lowest BCUT2D eigenvalue weighted by Crippen LogP contribution is -1.97. The van der Waals surface area contributed by atoms with Crippen molar-refractivity contribution < 1.29 is 4.74 Å². The van der Waals surface area contributed by atoms with Crippen LogP contribution >= 0.6 is 12.6 Å². The molecule has 0 atom stereocenters. The number of ether oxygens (including phenoxy) is 1. The van der Waals surface area contributed by atoms with E-state index >= 15 is 0 Å². The van der Waals surface area contributed by atoms with E-state index in [1.165, 1.54) is 0 Å². The Bertz CT molecular complexity index is 678. The van der Waals surface area contributed by atoms with Crippen molar-refractivity contribution in [2.45, 2.75) is 11.5 Å². The molecular formula is C16H14N2OS. The summed E-state index contributed by atoms with van der Waals surface area (Å²) in [5.41, 5.74) is 2.15. The molecule has 3 rings (SSSR count). The molecule has 3 aromatic rings. The lowest BCUT2D eigenvalue weighted by Gasteiger charge is -2.07. The quantitative estimate of drug-likeness (QED) is 0.738. The molecule has 0 fully saturated rings. The minimum atomic E-state index is 0.538. The first-order valence-corrected chi connectivity index (χ1v) is 6.77. The number of hydrogen-bond acceptors (Lipinski definition) is 3. The second-order valence-corrected chi connectivity index (χ2v) is 4.92. The molecule has 0 spiro atoms. The number of thiol groups is 1. The van der Waals surface area contributed by atoms with Crippen LogP contribution in [0, 0.1) is 0 Å². The zero-order valence-electron chi connectivity index (χ0n) is 10.8.